The Morgan fingerprint density at radius 3 is 2.53 bits per heavy atom. The number of likely N-dealkylation sites (tertiary alicyclic amines) is 1. The van der Waals surface area contributed by atoms with E-state index in [0.717, 1.165) is 44.3 Å². The third-order valence-corrected chi connectivity index (χ3v) is 10.5. The van der Waals surface area contributed by atoms with E-state index in [2.05, 4.69) is 19.1 Å². The maximum absolute atomic E-state index is 15.4. The van der Waals surface area contributed by atoms with Crippen LogP contribution in [0.5, 0.6) is 0 Å². The van der Waals surface area contributed by atoms with Gasteiger partial charge in [0.05, 0.1) is 31.3 Å². The van der Waals surface area contributed by atoms with Crippen molar-refractivity contribution >= 4 is 25.9 Å². The molecule has 1 N–H and O–H groups in total. The van der Waals surface area contributed by atoms with E-state index in [1.54, 1.807) is 18.0 Å². The van der Waals surface area contributed by atoms with Crippen LogP contribution < -0.4 is 4.90 Å². The maximum Gasteiger partial charge on any atom is 0.246 e. The van der Waals surface area contributed by atoms with Crippen LogP contribution in [0.1, 0.15) is 51.0 Å². The minimum Gasteiger partial charge on any atom is -0.394 e. The molecule has 3 aliphatic rings. The molecule has 3 heterocycles. The molecular weight excluding hydrogens is 451 g/mol. The molecule has 5 atom stereocenters. The molecule has 1 aromatic rings. The first-order valence-corrected chi connectivity index (χ1v) is 15.8. The van der Waals surface area contributed by atoms with Crippen molar-refractivity contribution < 1.29 is 23.5 Å². The second-order valence-electron chi connectivity index (χ2n) is 10.8. The van der Waals surface area contributed by atoms with Gasteiger partial charge >= 0.3 is 0 Å². The molecule has 4 rings (SSSR count). The van der Waals surface area contributed by atoms with Gasteiger partial charge in [0.25, 0.3) is 0 Å². The molecule has 0 spiro atoms. The van der Waals surface area contributed by atoms with Crippen molar-refractivity contribution in [1.29, 1.82) is 0 Å². The van der Waals surface area contributed by atoms with Crippen LogP contribution in [0.3, 0.4) is 0 Å². The molecular formula is C26H39FN2O4Si. The molecule has 0 aliphatic carbocycles. The van der Waals surface area contributed by atoms with Crippen molar-refractivity contribution in [1.82, 2.24) is 4.90 Å². The molecule has 188 valence electrons. The van der Waals surface area contributed by atoms with Crippen LogP contribution in [0.2, 0.25) is 18.6 Å². The van der Waals surface area contributed by atoms with E-state index in [-0.39, 0.29) is 48.4 Å². The van der Waals surface area contributed by atoms with Crippen molar-refractivity contribution in [2.45, 2.75) is 88.8 Å². The molecule has 0 aromatic heterocycles. The van der Waals surface area contributed by atoms with Crippen molar-refractivity contribution in [2.24, 2.45) is 5.92 Å². The van der Waals surface area contributed by atoms with Crippen LogP contribution in [0.4, 0.5) is 9.80 Å². The molecule has 0 unspecified atom stereocenters. The summed E-state index contributed by atoms with van der Waals surface area (Å²) in [6.07, 6.45) is 4.55. The molecule has 6 nitrogen and oxygen atoms in total. The Balaban J connectivity index is 1.38. The van der Waals surface area contributed by atoms with Crippen LogP contribution in [0.15, 0.2) is 24.3 Å². The molecule has 8 heteroatoms. The lowest BCUT2D eigenvalue weighted by Gasteiger charge is -2.30. The van der Waals surface area contributed by atoms with Crippen LogP contribution in [0, 0.1) is 5.92 Å². The van der Waals surface area contributed by atoms with Crippen LogP contribution in [-0.2, 0) is 20.7 Å². The molecule has 34 heavy (non-hydrogen) atoms. The number of nitrogens with zero attached hydrogens (tertiary/aromatic N) is 2. The third-order valence-electron chi connectivity index (χ3n) is 8.02. The zero-order valence-corrected chi connectivity index (χ0v) is 21.7. The van der Waals surface area contributed by atoms with Gasteiger partial charge in [-0.15, -0.1) is 0 Å². The summed E-state index contributed by atoms with van der Waals surface area (Å²) in [4.78, 5) is 28.6. The Kier molecular flexibility index (Phi) is 7.79. The third kappa shape index (κ3) is 5.39. The van der Waals surface area contributed by atoms with Gasteiger partial charge in [-0.05, 0) is 68.8 Å². The van der Waals surface area contributed by atoms with Crippen molar-refractivity contribution in [3.63, 3.8) is 0 Å². The lowest BCUT2D eigenvalue weighted by atomic mass is 9.95. The Labute approximate surface area is 203 Å². The molecule has 0 radical (unpaired) electrons. The fourth-order valence-corrected chi connectivity index (χ4v) is 8.84. The monoisotopic (exact) mass is 490 g/mol. The highest BCUT2D eigenvalue weighted by Crippen LogP contribution is 2.47. The quantitative estimate of drug-likeness (QED) is 0.441. The number of aryl methyl sites for hydroxylation is 1. The van der Waals surface area contributed by atoms with E-state index in [9.17, 15) is 14.7 Å². The van der Waals surface area contributed by atoms with Gasteiger partial charge in [-0.3, -0.25) is 9.59 Å². The van der Waals surface area contributed by atoms with Crippen LogP contribution >= 0.6 is 0 Å². The van der Waals surface area contributed by atoms with Gasteiger partial charge in [-0.25, -0.2) is 0 Å². The van der Waals surface area contributed by atoms with E-state index in [1.807, 2.05) is 17.0 Å². The number of anilines is 1. The first kappa shape index (κ1) is 25.3. The number of carbonyl (C=O) groups is 2. The number of amides is 2. The summed E-state index contributed by atoms with van der Waals surface area (Å²) in [7, 11) is -3.04. The topological polar surface area (TPSA) is 70.1 Å². The van der Waals surface area contributed by atoms with E-state index >= 15 is 4.11 Å². The predicted octanol–water partition coefficient (Wildman–Crippen LogP) is 4.07. The molecule has 3 fully saturated rings. The van der Waals surface area contributed by atoms with E-state index in [0.29, 0.717) is 13.0 Å². The second-order valence-corrected chi connectivity index (χ2v) is 14.6. The SMILES string of the molecule is C[C@H]1[C@H]([Si](C)(C)F)[C@@H](CC(=O)N2CCC[C@H]2CO)O[C@H]1CCc1ccc(N2CCCC2=O)cc1. The minimum absolute atomic E-state index is 0.0201. The fourth-order valence-electron chi connectivity index (χ4n) is 6.29. The molecule has 0 saturated carbocycles. The Morgan fingerprint density at radius 2 is 1.91 bits per heavy atom. The number of hydrogen-bond acceptors (Lipinski definition) is 4. The standard InChI is InChI=1S/C26H39FN2O4Si/c1-18-22(13-10-19-8-11-20(12-9-19)28-15-5-7-24(28)31)33-23(26(18)34(2,3)27)16-25(32)29-14-4-6-21(29)17-30/h8-9,11-12,18,21-23,26,30H,4-7,10,13-17H2,1-3H3/t18-,21+,22+,23-,26+/m1/s1. The number of benzene rings is 1. The summed E-state index contributed by atoms with van der Waals surface area (Å²) in [6.45, 7) is 6.95. The Morgan fingerprint density at radius 1 is 1.18 bits per heavy atom. The summed E-state index contributed by atoms with van der Waals surface area (Å²) in [5.74, 6) is 0.215. The van der Waals surface area contributed by atoms with E-state index in [4.69, 9.17) is 4.74 Å². The summed E-state index contributed by atoms with van der Waals surface area (Å²) in [5, 5.41) is 9.58. The molecule has 3 saturated heterocycles. The number of hydrogen-bond donors (Lipinski definition) is 1. The zero-order valence-electron chi connectivity index (χ0n) is 20.7. The number of carbonyl (C=O) groups excluding carboxylic acids is 2. The number of halogens is 1. The predicted molar refractivity (Wildman–Crippen MR) is 133 cm³/mol. The number of rotatable bonds is 8. The maximum atomic E-state index is 15.4. The minimum atomic E-state index is -3.04. The number of ether oxygens (including phenoxy) is 1. The Bertz CT molecular complexity index is 875. The molecule has 3 aliphatic heterocycles. The average Bonchev–Trinajstić information content (AvgIpc) is 3.51. The van der Waals surface area contributed by atoms with Gasteiger partial charge in [0.2, 0.25) is 20.2 Å². The largest absolute Gasteiger partial charge is 0.394 e. The number of aliphatic hydroxyl groups is 1. The summed E-state index contributed by atoms with van der Waals surface area (Å²) >= 11 is 0. The average molecular weight is 491 g/mol. The summed E-state index contributed by atoms with van der Waals surface area (Å²) < 4.78 is 21.8. The second kappa shape index (κ2) is 10.5. The normalized spacial score (nSPS) is 29.9. The zero-order chi connectivity index (χ0) is 24.5. The highest BCUT2D eigenvalue weighted by molar-refractivity contribution is 6.72. The smallest absolute Gasteiger partial charge is 0.246 e. The van der Waals surface area contributed by atoms with Crippen LogP contribution in [0.25, 0.3) is 0 Å². The lowest BCUT2D eigenvalue weighted by molar-refractivity contribution is -0.135. The van der Waals surface area contributed by atoms with Gasteiger partial charge in [0.15, 0.2) is 0 Å². The highest BCUT2D eigenvalue weighted by atomic mass is 28.4. The number of aliphatic hydroxyl groups excluding tert-OH is 1. The van der Waals surface area contributed by atoms with Gasteiger partial charge in [0.1, 0.15) is 0 Å². The first-order chi connectivity index (χ1) is 16.2. The van der Waals surface area contributed by atoms with Gasteiger partial charge in [0, 0.05) is 30.7 Å². The first-order valence-electron chi connectivity index (χ1n) is 12.8. The van der Waals surface area contributed by atoms with E-state index < -0.39 is 14.5 Å². The Hall–Kier alpha value is -1.77. The van der Waals surface area contributed by atoms with Gasteiger partial charge in [-0.2, -0.15) is 0 Å². The lowest BCUT2D eigenvalue weighted by Crippen LogP contribution is -2.42. The van der Waals surface area contributed by atoms with Gasteiger partial charge < -0.3 is 23.8 Å². The highest BCUT2D eigenvalue weighted by Gasteiger charge is 2.52. The van der Waals surface area contributed by atoms with Crippen LogP contribution in [-0.4, -0.2) is 68.2 Å². The fraction of sp³-hybridized carbons (Fsp3) is 0.692. The van der Waals surface area contributed by atoms with Gasteiger partial charge in [-0.1, -0.05) is 19.1 Å². The summed E-state index contributed by atoms with van der Waals surface area (Å²) in [6, 6.07) is 8.03. The van der Waals surface area contributed by atoms with E-state index in [1.165, 1.54) is 5.56 Å². The van der Waals surface area contributed by atoms with Crippen molar-refractivity contribution in [3.8, 4) is 0 Å². The van der Waals surface area contributed by atoms with Crippen molar-refractivity contribution in [3.05, 3.63) is 29.8 Å². The summed E-state index contributed by atoms with van der Waals surface area (Å²) in [5.41, 5.74) is 1.89. The molecule has 2 amide bonds. The molecule has 1 aromatic carbocycles. The molecule has 0 bridgehead atoms. The van der Waals surface area contributed by atoms with Crippen molar-refractivity contribution in [2.75, 3.05) is 24.6 Å².